The lowest BCUT2D eigenvalue weighted by atomic mass is 9.83. The lowest BCUT2D eigenvalue weighted by Gasteiger charge is -2.46. The van der Waals surface area contributed by atoms with Gasteiger partial charge in [-0.25, -0.2) is 18.6 Å². The number of carbonyl (C=O) groups is 5. The Hall–Kier alpha value is -6.54. The molecule has 4 amide bonds. The number of carbonyl (C=O) groups excluding carboxylic acids is 5. The Kier molecular flexibility index (Phi) is 16.4. The molecule has 2 aliphatic heterocycles. The number of likely N-dealkylation sites (N-methyl/N-ethyl adjacent to an activating group) is 1. The van der Waals surface area contributed by atoms with Gasteiger partial charge in [-0.05, 0) is 110 Å². The number of rotatable bonds is 20. The number of nitrogens with one attached hydrogen (secondary N) is 3. The molecule has 0 bridgehead atoms. The predicted octanol–water partition coefficient (Wildman–Crippen LogP) is 10.1. The molecule has 20 heteroatoms. The molecule has 10 rings (SSSR count). The quantitative estimate of drug-likeness (QED) is 0.0495. The maximum Gasteiger partial charge on any atom is 0.410 e. The van der Waals surface area contributed by atoms with Crippen molar-refractivity contribution >= 4 is 46.6 Å². The summed E-state index contributed by atoms with van der Waals surface area (Å²) in [5.74, 6) is -3.94. The first-order chi connectivity index (χ1) is 38.2. The summed E-state index contributed by atoms with van der Waals surface area (Å²) >= 11 is 1.37. The van der Waals surface area contributed by atoms with Crippen molar-refractivity contribution in [1.29, 1.82) is 0 Å². The van der Waals surface area contributed by atoms with E-state index in [4.69, 9.17) is 19.6 Å². The van der Waals surface area contributed by atoms with Crippen LogP contribution in [0.3, 0.4) is 0 Å². The van der Waals surface area contributed by atoms with Crippen molar-refractivity contribution < 1.29 is 42.2 Å². The average molecular weight is 1120 g/mol. The first-order valence-electron chi connectivity index (χ1n) is 28.6. The van der Waals surface area contributed by atoms with E-state index in [1.807, 2.05) is 46.1 Å². The number of hydrogen-bond donors (Lipinski definition) is 3. The topological polar surface area (TPSA) is 197 Å². The van der Waals surface area contributed by atoms with Gasteiger partial charge in [-0.1, -0.05) is 68.7 Å². The number of halogens is 2. The number of thiazole rings is 1. The molecular formula is C60H76F2N10O7S. The largest absolute Gasteiger partial charge is 0.494 e. The molecule has 2 aromatic carbocycles. The Balaban J connectivity index is 0.690. The van der Waals surface area contributed by atoms with Crippen LogP contribution in [0.15, 0.2) is 72.4 Å². The van der Waals surface area contributed by atoms with E-state index in [9.17, 15) is 32.8 Å². The zero-order valence-electron chi connectivity index (χ0n) is 47.0. The Morgan fingerprint density at radius 2 is 1.73 bits per heavy atom. The van der Waals surface area contributed by atoms with Crippen LogP contribution in [0.2, 0.25) is 0 Å². The number of benzene rings is 2. The third-order valence-corrected chi connectivity index (χ3v) is 18.5. The number of hydrogen-bond acceptors (Lipinski definition) is 12. The van der Waals surface area contributed by atoms with Crippen molar-refractivity contribution in [2.75, 3.05) is 38.6 Å². The second-order valence-electron chi connectivity index (χ2n) is 24.2. The molecule has 5 aliphatic rings. The summed E-state index contributed by atoms with van der Waals surface area (Å²) in [5.41, 5.74) is 1.93. The predicted molar refractivity (Wildman–Crippen MR) is 299 cm³/mol. The number of ketones is 1. The molecule has 3 N–H and O–H groups in total. The number of aromatic nitrogens is 5. The van der Waals surface area contributed by atoms with Crippen LogP contribution in [-0.4, -0.2) is 132 Å². The number of H-pyrrole nitrogens is 1. The van der Waals surface area contributed by atoms with E-state index in [0.717, 1.165) is 76.4 Å². The summed E-state index contributed by atoms with van der Waals surface area (Å²) in [6, 6.07) is 15.7. The van der Waals surface area contributed by atoms with Crippen LogP contribution in [0.1, 0.15) is 166 Å². The molecule has 2 saturated heterocycles. The molecule has 7 atom stereocenters. The van der Waals surface area contributed by atoms with Crippen LogP contribution >= 0.6 is 11.3 Å². The molecule has 3 aromatic heterocycles. The molecule has 0 radical (unpaired) electrons. The fourth-order valence-electron chi connectivity index (χ4n) is 12.5. The molecule has 4 fully saturated rings. The smallest absolute Gasteiger partial charge is 0.410 e. The third-order valence-electron chi connectivity index (χ3n) is 17.6. The summed E-state index contributed by atoms with van der Waals surface area (Å²) in [7, 11) is 1.53. The number of nitrogens with zero attached hydrogens (tertiary/aromatic N) is 7. The minimum absolute atomic E-state index is 0.0374. The Labute approximate surface area is 470 Å². The van der Waals surface area contributed by atoms with Gasteiger partial charge in [0.1, 0.15) is 34.1 Å². The van der Waals surface area contributed by atoms with Crippen LogP contribution in [0.25, 0.3) is 0 Å². The maximum absolute atomic E-state index is 14.6. The molecule has 4 unspecified atom stereocenters. The number of amides is 4. The minimum Gasteiger partial charge on any atom is -0.494 e. The van der Waals surface area contributed by atoms with Gasteiger partial charge in [-0.15, -0.1) is 11.3 Å². The SMILES string of the molecule is CC(CCCCOc1cccc(C(=O)c2csc([C@@H]3CCCN3C(=O)C(NC(=O)C(C)N(C)C(=O)OC(C)(C)C)C3CCCCC3)n2)c1)N1CC(C(c2ccccc2)n2cc(NC(=O)c3n[nH]c4c3C[C@@H]3C(F)(F)[C@]3(C)C4)cn2)C1. The number of aromatic amines is 1. The van der Waals surface area contributed by atoms with E-state index in [-0.39, 0.29) is 54.1 Å². The number of fused-ring (bicyclic) bond motifs is 2. The fraction of sp³-hybridized carbons (Fsp3) is 0.567. The first-order valence-corrected chi connectivity index (χ1v) is 29.5. The van der Waals surface area contributed by atoms with Crippen LogP contribution in [0.4, 0.5) is 19.3 Å². The monoisotopic (exact) mass is 1120 g/mol. The molecule has 5 aromatic rings. The second-order valence-corrected chi connectivity index (χ2v) is 25.1. The highest BCUT2D eigenvalue weighted by molar-refractivity contribution is 7.10. The van der Waals surface area contributed by atoms with E-state index in [1.165, 1.54) is 23.3 Å². The Bertz CT molecular complexity index is 3050. The fourth-order valence-corrected chi connectivity index (χ4v) is 13.5. The van der Waals surface area contributed by atoms with Gasteiger partial charge in [-0.2, -0.15) is 10.2 Å². The average Bonchev–Trinajstić information content (AvgIpc) is 3.38. The Morgan fingerprint density at radius 1 is 0.963 bits per heavy atom. The summed E-state index contributed by atoms with van der Waals surface area (Å²) in [6.45, 7) is 13.6. The number of alkyl halides is 2. The molecule has 80 heavy (non-hydrogen) atoms. The first kappa shape index (κ1) is 56.7. The normalized spacial score (nSPS) is 22.4. The molecule has 428 valence electrons. The zero-order chi connectivity index (χ0) is 56.7. The van der Waals surface area contributed by atoms with E-state index in [2.05, 4.69) is 44.8 Å². The molecule has 2 saturated carbocycles. The number of likely N-dealkylation sites (tertiary alicyclic amines) is 2. The standard InChI is InChI=1S/C60H76F2N10O7S/c1-36(70-32-41(33-70)51(39-21-12-9-13-22-39)72-34-42(31-63-72)64-54(75)50-44-29-48-59(6,60(48,61)62)30-45(44)67-68-50)18-14-15-27-78-43-24-16-23-40(28-43)52(73)46-35-80-55(65-46)47-25-17-26-71(47)56(76)49(38-19-10-8-11-20-38)66-53(74)37(2)69(7)57(77)79-58(3,4)5/h9,12-13,16,21-24,28,31,34-38,41,47-49,51H,8,10-11,14-15,17-20,25-27,29-30,32-33H2,1-7H3,(H,64,75)(H,66,74)(H,67,68)/t36?,37?,47-,48-,49?,51?,59+/m0/s1. The van der Waals surface area contributed by atoms with Crippen molar-refractivity contribution in [2.24, 2.45) is 23.2 Å². The second kappa shape index (κ2) is 23.1. The molecule has 0 spiro atoms. The number of unbranched alkanes of at least 4 members (excludes halogenated alkanes) is 1. The van der Waals surface area contributed by atoms with Crippen LogP contribution in [-0.2, 0) is 27.2 Å². The highest BCUT2D eigenvalue weighted by atomic mass is 32.1. The lowest BCUT2D eigenvalue weighted by Crippen LogP contribution is -2.56. The van der Waals surface area contributed by atoms with Gasteiger partial charge in [0, 0.05) is 84.8 Å². The van der Waals surface area contributed by atoms with Crippen molar-refractivity contribution in [1.82, 2.24) is 45.0 Å². The van der Waals surface area contributed by atoms with Gasteiger partial charge in [0.25, 0.3) is 11.8 Å². The third kappa shape index (κ3) is 11.8. The van der Waals surface area contributed by atoms with E-state index >= 15 is 0 Å². The van der Waals surface area contributed by atoms with Crippen molar-refractivity contribution in [3.8, 4) is 5.75 Å². The van der Waals surface area contributed by atoms with Gasteiger partial charge in [-0.3, -0.25) is 38.8 Å². The van der Waals surface area contributed by atoms with Crippen LogP contribution in [0, 0.1) is 23.2 Å². The number of ether oxygens (including phenoxy) is 2. The maximum atomic E-state index is 14.6. The van der Waals surface area contributed by atoms with Crippen molar-refractivity contribution in [3.05, 3.63) is 111 Å². The minimum atomic E-state index is -2.75. The van der Waals surface area contributed by atoms with Crippen molar-refractivity contribution in [2.45, 2.75) is 160 Å². The summed E-state index contributed by atoms with van der Waals surface area (Å²) in [6.07, 6.45) is 12.0. The Morgan fingerprint density at radius 3 is 2.48 bits per heavy atom. The van der Waals surface area contributed by atoms with Gasteiger partial charge in [0.05, 0.1) is 30.6 Å². The van der Waals surface area contributed by atoms with Crippen LogP contribution < -0.4 is 15.4 Å². The van der Waals surface area contributed by atoms with Gasteiger partial charge >= 0.3 is 6.09 Å². The lowest BCUT2D eigenvalue weighted by molar-refractivity contribution is -0.140. The van der Waals surface area contributed by atoms with Gasteiger partial charge < -0.3 is 25.0 Å². The molecule has 3 aliphatic carbocycles. The van der Waals surface area contributed by atoms with E-state index in [1.54, 1.807) is 58.3 Å². The highest BCUT2D eigenvalue weighted by Gasteiger charge is 2.78. The highest BCUT2D eigenvalue weighted by Crippen LogP contribution is 2.70. The summed E-state index contributed by atoms with van der Waals surface area (Å²) in [5, 5.41) is 20.2. The van der Waals surface area contributed by atoms with Crippen molar-refractivity contribution in [3.63, 3.8) is 0 Å². The number of anilines is 1. The molecular weight excluding hydrogens is 1040 g/mol. The molecule has 5 heterocycles. The van der Waals surface area contributed by atoms with Gasteiger partial charge in [0.15, 0.2) is 5.69 Å². The zero-order valence-corrected chi connectivity index (χ0v) is 47.8. The summed E-state index contributed by atoms with van der Waals surface area (Å²) in [4.78, 5) is 78.9. The van der Waals surface area contributed by atoms with Gasteiger partial charge in [0.2, 0.25) is 17.6 Å². The van der Waals surface area contributed by atoms with E-state index in [0.29, 0.717) is 64.6 Å². The van der Waals surface area contributed by atoms with E-state index < -0.39 is 52.8 Å². The molecule has 17 nitrogen and oxygen atoms in total. The van der Waals surface area contributed by atoms with Crippen LogP contribution in [0.5, 0.6) is 5.75 Å². The summed E-state index contributed by atoms with van der Waals surface area (Å²) < 4.78 is 42.7.